The van der Waals surface area contributed by atoms with Crippen LogP contribution in [-0.4, -0.2) is 32.9 Å². The van der Waals surface area contributed by atoms with Gasteiger partial charge in [-0.05, 0) is 17.0 Å². The van der Waals surface area contributed by atoms with E-state index in [1.807, 2.05) is 20.8 Å². The summed E-state index contributed by atoms with van der Waals surface area (Å²) in [4.78, 5) is 4.79. The van der Waals surface area contributed by atoms with Gasteiger partial charge in [0, 0.05) is 18.4 Å². The van der Waals surface area contributed by atoms with Gasteiger partial charge in [-0.2, -0.15) is 0 Å². The Bertz CT molecular complexity index is 554. The Labute approximate surface area is 108 Å². The first kappa shape index (κ1) is 13.5. The van der Waals surface area contributed by atoms with Gasteiger partial charge in [-0.1, -0.05) is 20.8 Å². The van der Waals surface area contributed by atoms with E-state index >= 15 is 0 Å². The summed E-state index contributed by atoms with van der Waals surface area (Å²) in [7, 11) is -3.24. The fourth-order valence-electron chi connectivity index (χ4n) is 2.23. The zero-order valence-corrected chi connectivity index (χ0v) is 12.0. The molecule has 0 atom stereocenters. The molecule has 0 bridgehead atoms. The molecule has 1 aliphatic heterocycles. The second-order valence-corrected chi connectivity index (χ2v) is 7.81. The van der Waals surface area contributed by atoms with Crippen molar-refractivity contribution in [1.82, 2.24) is 4.98 Å². The van der Waals surface area contributed by atoms with Crippen molar-refractivity contribution in [3.05, 3.63) is 23.5 Å². The van der Waals surface area contributed by atoms with Crippen LogP contribution in [0, 0.1) is 0 Å². The Kier molecular flexibility index (Phi) is 3.23. The van der Waals surface area contributed by atoms with Crippen LogP contribution in [0.4, 0.5) is 0 Å². The summed E-state index contributed by atoms with van der Waals surface area (Å²) < 4.78 is 29.0. The van der Waals surface area contributed by atoms with Crippen LogP contribution in [0.1, 0.15) is 37.9 Å². The van der Waals surface area contributed by atoms with Crippen LogP contribution < -0.4 is 0 Å². The van der Waals surface area contributed by atoms with Crippen LogP contribution in [0.25, 0.3) is 0 Å². The molecule has 0 spiro atoms. The predicted molar refractivity (Wildman–Crippen MR) is 69.6 cm³/mol. The minimum Gasteiger partial charge on any atom is -0.380 e. The first-order chi connectivity index (χ1) is 8.21. The zero-order valence-electron chi connectivity index (χ0n) is 11.2. The lowest BCUT2D eigenvalue weighted by atomic mass is 9.82. The molecular formula is C13H19NO3S. The van der Waals surface area contributed by atoms with Crippen LogP contribution in [-0.2, 0) is 20.0 Å². The highest BCUT2D eigenvalue weighted by Gasteiger charge is 2.33. The van der Waals surface area contributed by atoms with Gasteiger partial charge < -0.3 is 4.74 Å². The van der Waals surface area contributed by atoms with Gasteiger partial charge in [0.15, 0.2) is 9.84 Å². The summed E-state index contributed by atoms with van der Waals surface area (Å²) in [6.07, 6.45) is 2.83. The largest absolute Gasteiger partial charge is 0.380 e. The molecule has 100 valence electrons. The van der Waals surface area contributed by atoms with Crippen molar-refractivity contribution in [2.45, 2.75) is 37.0 Å². The molecule has 0 amide bonds. The van der Waals surface area contributed by atoms with E-state index in [0.29, 0.717) is 18.1 Å². The van der Waals surface area contributed by atoms with E-state index in [1.165, 1.54) is 6.26 Å². The molecule has 0 radical (unpaired) electrons. The van der Waals surface area contributed by atoms with Crippen molar-refractivity contribution in [3.63, 3.8) is 0 Å². The normalized spacial score (nSPS) is 17.6. The topological polar surface area (TPSA) is 56.3 Å². The summed E-state index contributed by atoms with van der Waals surface area (Å²) >= 11 is 0. The molecule has 4 nitrogen and oxygen atoms in total. The molecule has 1 aromatic rings. The second kappa shape index (κ2) is 4.31. The minimum absolute atomic E-state index is 0.223. The average molecular weight is 269 g/mol. The van der Waals surface area contributed by atoms with Crippen molar-refractivity contribution < 1.29 is 13.2 Å². The Hall–Kier alpha value is -0.940. The number of aromatic nitrogens is 1. The number of hydrogen-bond acceptors (Lipinski definition) is 4. The van der Waals surface area contributed by atoms with Crippen LogP contribution in [0.15, 0.2) is 17.2 Å². The molecule has 0 saturated carbocycles. The zero-order chi connectivity index (χ0) is 13.6. The van der Waals surface area contributed by atoms with Gasteiger partial charge in [-0.15, -0.1) is 0 Å². The minimum atomic E-state index is -3.24. The first-order valence-electron chi connectivity index (χ1n) is 5.98. The van der Waals surface area contributed by atoms with Crippen molar-refractivity contribution in [1.29, 1.82) is 0 Å². The Morgan fingerprint density at radius 1 is 1.33 bits per heavy atom. The van der Waals surface area contributed by atoms with Gasteiger partial charge in [0.1, 0.15) is 0 Å². The van der Waals surface area contributed by atoms with Crippen LogP contribution in [0.5, 0.6) is 0 Å². The Balaban J connectivity index is 2.68. The van der Waals surface area contributed by atoms with Gasteiger partial charge in [0.05, 0.1) is 23.8 Å². The maximum atomic E-state index is 11.9. The van der Waals surface area contributed by atoms with Gasteiger partial charge >= 0.3 is 0 Å². The summed E-state index contributed by atoms with van der Waals surface area (Å²) in [5, 5.41) is 0. The second-order valence-electron chi connectivity index (χ2n) is 5.83. The quantitative estimate of drug-likeness (QED) is 0.823. The maximum Gasteiger partial charge on any atom is 0.175 e. The van der Waals surface area contributed by atoms with Crippen molar-refractivity contribution in [2.75, 3.05) is 19.5 Å². The molecule has 5 heteroatoms. The number of nitrogens with zero attached hydrogens (tertiary/aromatic N) is 1. The standard InChI is InChI=1S/C13H19NO3S/c1-13(2,3)11-10(18(4,15)16)5-6-14-12(11)9-7-17-8-9/h5-6,9H,7-8H2,1-4H3. The van der Waals surface area contributed by atoms with Gasteiger partial charge in [0.2, 0.25) is 0 Å². The smallest absolute Gasteiger partial charge is 0.175 e. The third-order valence-electron chi connectivity index (χ3n) is 3.12. The summed E-state index contributed by atoms with van der Waals surface area (Å²) in [6.45, 7) is 7.30. The molecule has 2 heterocycles. The van der Waals surface area contributed by atoms with Crippen LogP contribution >= 0.6 is 0 Å². The van der Waals surface area contributed by atoms with Crippen molar-refractivity contribution in [2.24, 2.45) is 0 Å². The average Bonchev–Trinajstić information content (AvgIpc) is 2.11. The highest BCUT2D eigenvalue weighted by molar-refractivity contribution is 7.90. The lowest BCUT2D eigenvalue weighted by Gasteiger charge is -2.32. The Morgan fingerprint density at radius 2 is 1.94 bits per heavy atom. The molecule has 18 heavy (non-hydrogen) atoms. The molecule has 0 N–H and O–H groups in total. The molecule has 0 aromatic carbocycles. The van der Waals surface area contributed by atoms with E-state index in [2.05, 4.69) is 4.98 Å². The van der Waals surface area contributed by atoms with Crippen LogP contribution in [0.2, 0.25) is 0 Å². The lowest BCUT2D eigenvalue weighted by molar-refractivity contribution is 0.00587. The fourth-order valence-corrected chi connectivity index (χ4v) is 3.31. The van der Waals surface area contributed by atoms with E-state index in [9.17, 15) is 8.42 Å². The highest BCUT2D eigenvalue weighted by Crippen LogP contribution is 2.36. The fraction of sp³-hybridized carbons (Fsp3) is 0.615. The molecule has 0 unspecified atom stereocenters. The van der Waals surface area contributed by atoms with Crippen molar-refractivity contribution in [3.8, 4) is 0 Å². The van der Waals surface area contributed by atoms with Gasteiger partial charge in [0.25, 0.3) is 0 Å². The molecule has 1 aliphatic rings. The number of ether oxygens (including phenoxy) is 1. The van der Waals surface area contributed by atoms with Gasteiger partial charge in [-0.3, -0.25) is 4.98 Å². The molecule has 1 saturated heterocycles. The predicted octanol–water partition coefficient (Wildman–Crippen LogP) is 1.90. The maximum absolute atomic E-state index is 11.9. The Morgan fingerprint density at radius 3 is 2.33 bits per heavy atom. The lowest BCUT2D eigenvalue weighted by Crippen LogP contribution is -2.30. The van der Waals surface area contributed by atoms with Gasteiger partial charge in [-0.25, -0.2) is 8.42 Å². The summed E-state index contributed by atoms with van der Waals surface area (Å²) in [5.41, 5.74) is 1.45. The number of hydrogen-bond donors (Lipinski definition) is 0. The van der Waals surface area contributed by atoms with Crippen molar-refractivity contribution >= 4 is 9.84 Å². The van der Waals surface area contributed by atoms with E-state index in [-0.39, 0.29) is 11.3 Å². The highest BCUT2D eigenvalue weighted by atomic mass is 32.2. The van der Waals surface area contributed by atoms with E-state index in [4.69, 9.17) is 4.74 Å². The number of sulfone groups is 1. The summed E-state index contributed by atoms with van der Waals surface area (Å²) in [6, 6.07) is 1.60. The van der Waals surface area contributed by atoms with Crippen LogP contribution in [0.3, 0.4) is 0 Å². The SMILES string of the molecule is CC(C)(C)c1c(S(C)(=O)=O)ccnc1C1COC1. The van der Waals surface area contributed by atoms with E-state index in [1.54, 1.807) is 12.3 Å². The number of pyridine rings is 1. The number of rotatable bonds is 2. The van der Waals surface area contributed by atoms with E-state index < -0.39 is 9.84 Å². The third kappa shape index (κ3) is 2.42. The molecule has 0 aliphatic carbocycles. The molecule has 1 aromatic heterocycles. The first-order valence-corrected chi connectivity index (χ1v) is 7.87. The molecule has 2 rings (SSSR count). The third-order valence-corrected chi connectivity index (χ3v) is 4.26. The molecular weight excluding hydrogens is 250 g/mol. The van der Waals surface area contributed by atoms with E-state index in [0.717, 1.165) is 11.3 Å². The molecule has 1 fully saturated rings. The summed E-state index contributed by atoms with van der Waals surface area (Å²) in [5.74, 6) is 0.223. The monoisotopic (exact) mass is 269 g/mol.